The molecule has 19 heavy (non-hydrogen) atoms. The smallest absolute Gasteiger partial charge is 0.0708 e. The minimum Gasteiger partial charge on any atom is -0.370 e. The zero-order valence-corrected chi connectivity index (χ0v) is 11.8. The van der Waals surface area contributed by atoms with E-state index in [1.165, 1.54) is 44.1 Å². The van der Waals surface area contributed by atoms with Crippen LogP contribution < -0.4 is 5.32 Å². The summed E-state index contributed by atoms with van der Waals surface area (Å²) in [5.74, 6) is 0. The number of ether oxygens (including phenoxy) is 1. The first-order valence-corrected chi connectivity index (χ1v) is 7.56. The minimum absolute atomic E-state index is 0.262. The molecule has 0 radical (unpaired) electrons. The zero-order chi connectivity index (χ0) is 13.1. The molecule has 1 spiro atoms. The third-order valence-electron chi connectivity index (χ3n) is 4.53. The van der Waals surface area contributed by atoms with Crippen LogP contribution in [-0.4, -0.2) is 23.2 Å². The van der Waals surface area contributed by atoms with Gasteiger partial charge in [0.25, 0.3) is 0 Å². The van der Waals surface area contributed by atoms with Crippen LogP contribution in [0.3, 0.4) is 0 Å². The topological polar surface area (TPSA) is 34.1 Å². The Morgan fingerprint density at radius 3 is 2.89 bits per heavy atom. The highest BCUT2D eigenvalue weighted by molar-refractivity contribution is 5.12. The molecule has 1 aromatic heterocycles. The number of aromatic nitrogens is 1. The molecule has 1 unspecified atom stereocenters. The fourth-order valence-electron chi connectivity index (χ4n) is 3.41. The lowest BCUT2D eigenvalue weighted by Crippen LogP contribution is -2.30. The van der Waals surface area contributed by atoms with E-state index in [0.717, 1.165) is 18.8 Å². The van der Waals surface area contributed by atoms with Crippen LogP contribution in [0.2, 0.25) is 0 Å². The Morgan fingerprint density at radius 2 is 2.16 bits per heavy atom. The van der Waals surface area contributed by atoms with Gasteiger partial charge in [0.05, 0.1) is 11.7 Å². The lowest BCUT2D eigenvalue weighted by Gasteiger charge is -2.23. The number of hydrogen-bond acceptors (Lipinski definition) is 3. The van der Waals surface area contributed by atoms with Crippen molar-refractivity contribution < 1.29 is 4.74 Å². The molecular formula is C16H24N2O. The van der Waals surface area contributed by atoms with Crippen LogP contribution in [0.1, 0.15) is 49.8 Å². The summed E-state index contributed by atoms with van der Waals surface area (Å²) < 4.78 is 6.29. The van der Waals surface area contributed by atoms with E-state index in [1.807, 2.05) is 13.1 Å². The number of nitrogens with one attached hydrogen (secondary N) is 1. The van der Waals surface area contributed by atoms with Crippen LogP contribution in [-0.2, 0) is 11.3 Å². The standard InChI is InChI=1S/C16H24N2O/c1-13-4-5-14(11-18-13)10-17-12-15-6-9-16(19-15)7-2-3-8-16/h4-5,11,15,17H,2-3,6-10,12H2,1H3. The van der Waals surface area contributed by atoms with Gasteiger partial charge in [0.2, 0.25) is 0 Å². The normalized spacial score (nSPS) is 25.2. The number of pyridine rings is 1. The molecule has 1 N–H and O–H groups in total. The second-order valence-corrected chi connectivity index (χ2v) is 6.11. The SMILES string of the molecule is Cc1ccc(CNCC2CCC3(CCCC3)O2)cn1. The van der Waals surface area contributed by atoms with Crippen LogP contribution in [0.5, 0.6) is 0 Å². The first-order chi connectivity index (χ1) is 9.26. The molecule has 3 rings (SSSR count). The van der Waals surface area contributed by atoms with Gasteiger partial charge in [-0.3, -0.25) is 4.98 Å². The summed E-state index contributed by atoms with van der Waals surface area (Å²) in [6, 6.07) is 4.21. The summed E-state index contributed by atoms with van der Waals surface area (Å²) in [6.07, 6.45) is 10.1. The van der Waals surface area contributed by atoms with Crippen LogP contribution >= 0.6 is 0 Å². The number of nitrogens with zero attached hydrogens (tertiary/aromatic N) is 1. The predicted molar refractivity (Wildman–Crippen MR) is 76.0 cm³/mol. The molecule has 2 heterocycles. The van der Waals surface area contributed by atoms with Gasteiger partial charge < -0.3 is 10.1 Å². The quantitative estimate of drug-likeness (QED) is 0.903. The Labute approximate surface area is 115 Å². The first kappa shape index (κ1) is 13.1. The van der Waals surface area contributed by atoms with Crippen molar-refractivity contribution in [3.63, 3.8) is 0 Å². The van der Waals surface area contributed by atoms with Gasteiger partial charge in [-0.15, -0.1) is 0 Å². The summed E-state index contributed by atoms with van der Waals surface area (Å²) in [7, 11) is 0. The van der Waals surface area contributed by atoms with Gasteiger partial charge in [-0.25, -0.2) is 0 Å². The van der Waals surface area contributed by atoms with Crippen LogP contribution in [0.25, 0.3) is 0 Å². The molecule has 1 atom stereocenters. The van der Waals surface area contributed by atoms with Crippen molar-refractivity contribution in [2.75, 3.05) is 6.54 Å². The predicted octanol–water partition coefficient (Wildman–Crippen LogP) is 2.97. The number of hydrogen-bond donors (Lipinski definition) is 1. The van der Waals surface area contributed by atoms with E-state index in [4.69, 9.17) is 4.74 Å². The van der Waals surface area contributed by atoms with Gasteiger partial charge >= 0.3 is 0 Å². The molecule has 0 amide bonds. The van der Waals surface area contributed by atoms with Crippen molar-refractivity contribution in [1.29, 1.82) is 0 Å². The third kappa shape index (κ3) is 3.15. The Bertz CT molecular complexity index is 409. The average Bonchev–Trinajstić information content (AvgIpc) is 3.03. The number of aryl methyl sites for hydroxylation is 1. The summed E-state index contributed by atoms with van der Waals surface area (Å²) >= 11 is 0. The first-order valence-electron chi connectivity index (χ1n) is 7.56. The minimum atomic E-state index is 0.262. The van der Waals surface area contributed by atoms with Gasteiger partial charge in [0.15, 0.2) is 0 Å². The maximum Gasteiger partial charge on any atom is 0.0708 e. The lowest BCUT2D eigenvalue weighted by atomic mass is 9.98. The Morgan fingerprint density at radius 1 is 1.32 bits per heavy atom. The summed E-state index contributed by atoms with van der Waals surface area (Å²) in [4.78, 5) is 4.32. The highest BCUT2D eigenvalue weighted by Gasteiger charge is 2.41. The van der Waals surface area contributed by atoms with Crippen LogP contribution in [0, 0.1) is 6.92 Å². The van der Waals surface area contributed by atoms with E-state index in [0.29, 0.717) is 6.10 Å². The van der Waals surface area contributed by atoms with Crippen molar-refractivity contribution in [3.8, 4) is 0 Å². The van der Waals surface area contributed by atoms with E-state index in [2.05, 4.69) is 22.4 Å². The van der Waals surface area contributed by atoms with Gasteiger partial charge in [0, 0.05) is 25.0 Å². The fraction of sp³-hybridized carbons (Fsp3) is 0.688. The molecule has 104 valence electrons. The summed E-state index contributed by atoms with van der Waals surface area (Å²) in [5.41, 5.74) is 2.59. The van der Waals surface area contributed by atoms with E-state index in [9.17, 15) is 0 Å². The molecule has 1 aliphatic carbocycles. The molecular weight excluding hydrogens is 236 g/mol. The maximum absolute atomic E-state index is 6.29. The van der Waals surface area contributed by atoms with Crippen molar-refractivity contribution in [2.24, 2.45) is 0 Å². The van der Waals surface area contributed by atoms with Crippen molar-refractivity contribution in [2.45, 2.75) is 63.7 Å². The van der Waals surface area contributed by atoms with Crippen molar-refractivity contribution >= 4 is 0 Å². The van der Waals surface area contributed by atoms with Gasteiger partial charge in [-0.05, 0) is 44.2 Å². The van der Waals surface area contributed by atoms with Crippen LogP contribution in [0.15, 0.2) is 18.3 Å². The second-order valence-electron chi connectivity index (χ2n) is 6.11. The van der Waals surface area contributed by atoms with E-state index in [1.54, 1.807) is 0 Å². The Kier molecular flexibility index (Phi) is 3.85. The molecule has 3 heteroatoms. The molecule has 0 bridgehead atoms. The van der Waals surface area contributed by atoms with Gasteiger partial charge in [-0.1, -0.05) is 18.9 Å². The maximum atomic E-state index is 6.29. The molecule has 2 aliphatic rings. The lowest BCUT2D eigenvalue weighted by molar-refractivity contribution is -0.0351. The average molecular weight is 260 g/mol. The Hall–Kier alpha value is -0.930. The van der Waals surface area contributed by atoms with Gasteiger partial charge in [-0.2, -0.15) is 0 Å². The van der Waals surface area contributed by atoms with Crippen molar-refractivity contribution in [3.05, 3.63) is 29.6 Å². The van der Waals surface area contributed by atoms with E-state index < -0.39 is 0 Å². The molecule has 1 saturated carbocycles. The highest BCUT2D eigenvalue weighted by atomic mass is 16.5. The zero-order valence-electron chi connectivity index (χ0n) is 11.8. The van der Waals surface area contributed by atoms with Crippen LogP contribution in [0.4, 0.5) is 0 Å². The van der Waals surface area contributed by atoms with Gasteiger partial charge in [0.1, 0.15) is 0 Å². The largest absolute Gasteiger partial charge is 0.370 e. The van der Waals surface area contributed by atoms with E-state index >= 15 is 0 Å². The number of rotatable bonds is 4. The molecule has 1 saturated heterocycles. The molecule has 2 fully saturated rings. The molecule has 3 nitrogen and oxygen atoms in total. The molecule has 1 aromatic rings. The van der Waals surface area contributed by atoms with Crippen molar-refractivity contribution in [1.82, 2.24) is 10.3 Å². The fourth-order valence-corrected chi connectivity index (χ4v) is 3.41. The third-order valence-corrected chi connectivity index (χ3v) is 4.53. The monoisotopic (exact) mass is 260 g/mol. The summed E-state index contributed by atoms with van der Waals surface area (Å²) in [6.45, 7) is 3.88. The second kappa shape index (κ2) is 5.59. The van der Waals surface area contributed by atoms with E-state index in [-0.39, 0.29) is 5.60 Å². The Balaban J connectivity index is 1.42. The summed E-state index contributed by atoms with van der Waals surface area (Å²) in [5, 5.41) is 3.50. The highest BCUT2D eigenvalue weighted by Crippen LogP contribution is 2.43. The molecule has 0 aromatic carbocycles. The molecule has 1 aliphatic heterocycles.